The zero-order valence-corrected chi connectivity index (χ0v) is 30.0. The van der Waals surface area contributed by atoms with Gasteiger partial charge >= 0.3 is 0 Å². The molecule has 0 amide bonds. The Morgan fingerprint density at radius 1 is 0.707 bits per heavy atom. The van der Waals surface area contributed by atoms with E-state index in [1.165, 1.54) is 0 Å². The lowest BCUT2D eigenvalue weighted by molar-refractivity contribution is 0.480. The molecule has 0 aliphatic rings. The second-order valence-corrected chi connectivity index (χ2v) is 12.2. The van der Waals surface area contributed by atoms with E-state index in [0.717, 1.165) is 33.5 Å². The maximum Gasteiger partial charge on any atom is 0.250 e. The molecule has 0 aromatic carbocycles. The molecule has 0 spiro atoms. The molecule has 0 aliphatic heterocycles. The Bertz CT molecular complexity index is 1080. The van der Waals surface area contributed by atoms with Gasteiger partial charge in [0.1, 0.15) is 36.7 Å². The lowest BCUT2D eigenvalue weighted by Gasteiger charge is -2.00. The Morgan fingerprint density at radius 3 is 1.68 bits per heavy atom. The minimum Gasteiger partial charge on any atom is -0.396 e. The van der Waals surface area contributed by atoms with E-state index in [4.69, 9.17) is 51.9 Å². The SMILES string of the molecule is C.Cc1cc(Br)c(Br)nc1N.Cc1cc(Cl)c(Cl)nc1N.Cc1cc(F)c(F)nc1N.Nc1cc(I)c(I)nc1N. The number of nitrogen functional groups attached to an aromatic ring is 5. The number of pyridine rings is 4. The molecular weight excluding hydrogens is 937 g/mol. The molecule has 0 atom stereocenters. The lowest BCUT2D eigenvalue weighted by Crippen LogP contribution is -2.00. The summed E-state index contributed by atoms with van der Waals surface area (Å²) >= 11 is 22.0. The van der Waals surface area contributed by atoms with Crippen LogP contribution in [0.15, 0.2) is 33.3 Å². The molecule has 0 radical (unpaired) electrons. The third-order valence-electron chi connectivity index (χ3n) is 4.48. The summed E-state index contributed by atoms with van der Waals surface area (Å²) in [7, 11) is 0. The normalized spacial score (nSPS) is 9.63. The number of aryl methyl sites for hydroxylation is 3. The molecule has 0 saturated heterocycles. The van der Waals surface area contributed by atoms with Gasteiger partial charge in [0.05, 0.1) is 15.2 Å². The second kappa shape index (κ2) is 18.2. The molecule has 0 saturated carbocycles. The third-order valence-corrected chi connectivity index (χ3v) is 9.57. The van der Waals surface area contributed by atoms with E-state index in [2.05, 4.69) is 97.0 Å². The zero-order chi connectivity index (χ0) is 30.9. The standard InChI is InChI=1S/C6H6Br2N2.C6H6Cl2N2.C6H6F2N2.C5H5I2N3.CH4/c3*1-3-2-4(7)5(8)10-6(3)9;6-2-1-3(8)5(9)10-4(2)7;/h3*2H,1H3,(H2,9,10);1H,8H2,(H2,9,10);1H4. The van der Waals surface area contributed by atoms with Crippen molar-refractivity contribution in [2.24, 2.45) is 0 Å². The van der Waals surface area contributed by atoms with Crippen LogP contribution in [0.4, 0.5) is 37.7 Å². The number of halogens is 8. The van der Waals surface area contributed by atoms with Crippen molar-refractivity contribution in [3.05, 3.63) is 79.2 Å². The number of nitrogens with zero attached hydrogens (tertiary/aromatic N) is 4. The van der Waals surface area contributed by atoms with Gasteiger partial charge in [-0.2, -0.15) is 4.39 Å². The van der Waals surface area contributed by atoms with Crippen molar-refractivity contribution in [1.82, 2.24) is 19.9 Å². The quantitative estimate of drug-likeness (QED) is 0.0859. The molecule has 41 heavy (non-hydrogen) atoms. The number of nitrogens with two attached hydrogens (primary N) is 5. The van der Waals surface area contributed by atoms with Crippen molar-refractivity contribution in [3.8, 4) is 0 Å². The monoisotopic (exact) mass is 961 g/mol. The maximum atomic E-state index is 12.3. The molecule has 17 heteroatoms. The number of hydrogen-bond donors (Lipinski definition) is 5. The van der Waals surface area contributed by atoms with Gasteiger partial charge in [-0.1, -0.05) is 30.6 Å². The summed E-state index contributed by atoms with van der Waals surface area (Å²) in [4.78, 5) is 14.9. The summed E-state index contributed by atoms with van der Waals surface area (Å²) in [5.41, 5.74) is 29.9. The van der Waals surface area contributed by atoms with E-state index < -0.39 is 11.8 Å². The van der Waals surface area contributed by atoms with Crippen molar-refractivity contribution in [1.29, 1.82) is 0 Å². The minimum absolute atomic E-state index is 0. The van der Waals surface area contributed by atoms with E-state index in [9.17, 15) is 8.78 Å². The smallest absolute Gasteiger partial charge is 0.250 e. The molecule has 10 N–H and O–H groups in total. The van der Waals surface area contributed by atoms with E-state index in [1.54, 1.807) is 13.0 Å². The Hall–Kier alpha value is -1.54. The van der Waals surface area contributed by atoms with Crippen LogP contribution < -0.4 is 28.7 Å². The predicted molar refractivity (Wildman–Crippen MR) is 191 cm³/mol. The Labute approximate surface area is 291 Å². The van der Waals surface area contributed by atoms with Gasteiger partial charge in [0.25, 0.3) is 5.95 Å². The van der Waals surface area contributed by atoms with Crippen molar-refractivity contribution < 1.29 is 8.78 Å². The lowest BCUT2D eigenvalue weighted by atomic mass is 10.3. The molecule has 0 bridgehead atoms. The average Bonchev–Trinajstić information content (AvgIpc) is 2.85. The van der Waals surface area contributed by atoms with E-state index in [0.29, 0.717) is 33.7 Å². The van der Waals surface area contributed by atoms with Gasteiger partial charge in [-0.25, -0.2) is 24.3 Å². The first-order valence-corrected chi connectivity index (χ1v) is 15.1. The molecule has 9 nitrogen and oxygen atoms in total. The first-order chi connectivity index (χ1) is 18.4. The minimum atomic E-state index is -1.15. The number of anilines is 5. The number of aromatic nitrogens is 4. The van der Waals surface area contributed by atoms with Crippen molar-refractivity contribution in [2.45, 2.75) is 28.2 Å². The Balaban J connectivity index is 0.000000516. The van der Waals surface area contributed by atoms with Crippen LogP contribution in [0.2, 0.25) is 10.2 Å². The number of rotatable bonds is 0. The van der Waals surface area contributed by atoms with Crippen molar-refractivity contribution >= 4 is 129 Å². The molecule has 0 aliphatic carbocycles. The van der Waals surface area contributed by atoms with E-state index in [1.807, 2.05) is 26.0 Å². The van der Waals surface area contributed by atoms with Gasteiger partial charge in [0.2, 0.25) is 0 Å². The summed E-state index contributed by atoms with van der Waals surface area (Å²) in [6.45, 7) is 5.30. The molecule has 4 aromatic heterocycles. The largest absolute Gasteiger partial charge is 0.396 e. The molecular formula is C24H27Br2Cl2F2I2N9. The molecule has 0 unspecified atom stereocenters. The van der Waals surface area contributed by atoms with Gasteiger partial charge < -0.3 is 28.7 Å². The molecule has 4 heterocycles. The van der Waals surface area contributed by atoms with Gasteiger partial charge in [-0.15, -0.1) is 0 Å². The fraction of sp³-hybridized carbons (Fsp3) is 0.167. The zero-order valence-electron chi connectivity index (χ0n) is 21.0. The molecule has 0 fully saturated rings. The highest BCUT2D eigenvalue weighted by Gasteiger charge is 2.05. The highest BCUT2D eigenvalue weighted by molar-refractivity contribution is 14.1. The van der Waals surface area contributed by atoms with Crippen LogP contribution in [0, 0.1) is 39.8 Å². The molecule has 224 valence electrons. The average molecular weight is 964 g/mol. The van der Waals surface area contributed by atoms with Gasteiger partial charge in [-0.3, -0.25) is 0 Å². The summed E-state index contributed by atoms with van der Waals surface area (Å²) in [5, 5.41) is 0.693. The maximum absolute atomic E-state index is 12.3. The van der Waals surface area contributed by atoms with Crippen LogP contribution >= 0.6 is 100 Å². The highest BCUT2D eigenvalue weighted by Crippen LogP contribution is 2.24. The molecule has 4 rings (SSSR count). The fourth-order valence-electron chi connectivity index (χ4n) is 2.21. The Morgan fingerprint density at radius 2 is 1.20 bits per heavy atom. The highest BCUT2D eigenvalue weighted by atomic mass is 127. The summed E-state index contributed by atoms with van der Waals surface area (Å²) < 4.78 is 28.1. The molecule has 4 aromatic rings. The van der Waals surface area contributed by atoms with Crippen LogP contribution in [0.5, 0.6) is 0 Å². The van der Waals surface area contributed by atoms with Crippen LogP contribution in [-0.2, 0) is 0 Å². The summed E-state index contributed by atoms with van der Waals surface area (Å²) in [5.74, 6) is -0.692. The van der Waals surface area contributed by atoms with Crippen LogP contribution in [0.1, 0.15) is 24.1 Å². The number of hydrogen-bond acceptors (Lipinski definition) is 9. The summed E-state index contributed by atoms with van der Waals surface area (Å²) in [6, 6.07) is 6.43. The van der Waals surface area contributed by atoms with Crippen molar-refractivity contribution in [2.75, 3.05) is 28.7 Å². The van der Waals surface area contributed by atoms with E-state index in [-0.39, 0.29) is 18.4 Å². The first kappa shape index (κ1) is 39.5. The first-order valence-electron chi connectivity index (χ1n) is 10.6. The van der Waals surface area contributed by atoms with Gasteiger partial charge in [-0.05, 0) is 139 Å². The second-order valence-electron chi connectivity index (χ2n) is 7.62. The van der Waals surface area contributed by atoms with Gasteiger partial charge in [0, 0.05) is 3.57 Å². The van der Waals surface area contributed by atoms with Crippen LogP contribution in [-0.4, -0.2) is 19.9 Å². The topological polar surface area (TPSA) is 182 Å². The van der Waals surface area contributed by atoms with Crippen molar-refractivity contribution in [3.63, 3.8) is 0 Å². The summed E-state index contributed by atoms with van der Waals surface area (Å²) in [6.07, 6.45) is 0. The Kier molecular flexibility index (Phi) is 17.5. The van der Waals surface area contributed by atoms with Crippen LogP contribution in [0.25, 0.3) is 0 Å². The van der Waals surface area contributed by atoms with Gasteiger partial charge in [0.15, 0.2) is 5.82 Å². The van der Waals surface area contributed by atoms with Crippen LogP contribution in [0.3, 0.4) is 0 Å². The predicted octanol–water partition coefficient (Wildman–Crippen LogP) is 8.12. The fourth-order valence-corrected chi connectivity index (χ4v) is 4.17. The van der Waals surface area contributed by atoms with E-state index >= 15 is 0 Å². The third kappa shape index (κ3) is 13.1.